The maximum atomic E-state index is 9.51. The maximum absolute atomic E-state index is 9.51. The number of ether oxygens (including phenoxy) is 1. The Labute approximate surface area is 89.9 Å². The smallest absolute Gasteiger partial charge is 0.138 e. The summed E-state index contributed by atoms with van der Waals surface area (Å²) in [6.07, 6.45) is 0.952. The van der Waals surface area contributed by atoms with Crippen LogP contribution >= 0.6 is 0 Å². The van der Waals surface area contributed by atoms with E-state index >= 15 is 0 Å². The summed E-state index contributed by atoms with van der Waals surface area (Å²) in [6.45, 7) is 4.07. The van der Waals surface area contributed by atoms with Crippen molar-refractivity contribution in [2.24, 2.45) is 0 Å². The summed E-state index contributed by atoms with van der Waals surface area (Å²) in [5.74, 6) is 6.64. The van der Waals surface area contributed by atoms with Crippen LogP contribution in [0.2, 0.25) is 0 Å². The third kappa shape index (κ3) is 2.31. The van der Waals surface area contributed by atoms with Gasteiger partial charge < -0.3 is 9.84 Å². The molecule has 1 aliphatic rings. The Kier molecular flexibility index (Phi) is 2.42. The van der Waals surface area contributed by atoms with Crippen LogP contribution in [0.25, 0.3) is 0 Å². The van der Waals surface area contributed by atoms with Crippen LogP contribution in [-0.4, -0.2) is 17.3 Å². The summed E-state index contributed by atoms with van der Waals surface area (Å²) in [5, 5.41) is 9.51. The largest absolute Gasteiger partial charge is 0.492 e. The van der Waals surface area contributed by atoms with Gasteiger partial charge in [0.2, 0.25) is 0 Å². The van der Waals surface area contributed by atoms with Crippen LogP contribution in [0.1, 0.15) is 25.0 Å². The van der Waals surface area contributed by atoms with E-state index in [2.05, 4.69) is 17.9 Å². The molecule has 1 aliphatic heterocycles. The zero-order valence-corrected chi connectivity index (χ0v) is 9.00. The minimum absolute atomic E-state index is 0.733. The number of aliphatic hydroxyl groups is 1. The molecule has 0 spiro atoms. The molecule has 0 unspecified atom stereocenters. The van der Waals surface area contributed by atoms with Gasteiger partial charge in [-0.05, 0) is 25.5 Å². The minimum atomic E-state index is -0.957. The van der Waals surface area contributed by atoms with Crippen molar-refractivity contribution in [1.82, 2.24) is 0 Å². The summed E-state index contributed by atoms with van der Waals surface area (Å²) < 4.78 is 5.51. The van der Waals surface area contributed by atoms with E-state index in [1.165, 1.54) is 5.56 Å². The molecule has 2 heteroatoms. The van der Waals surface area contributed by atoms with Crippen molar-refractivity contribution < 1.29 is 9.84 Å². The number of benzene rings is 1. The molecule has 15 heavy (non-hydrogen) atoms. The molecular formula is C13H14O2. The van der Waals surface area contributed by atoms with Crippen LogP contribution in [0.3, 0.4) is 0 Å². The second kappa shape index (κ2) is 3.60. The molecule has 0 atom stereocenters. The fourth-order valence-corrected chi connectivity index (χ4v) is 1.53. The topological polar surface area (TPSA) is 29.5 Å². The Bertz CT molecular complexity index is 430. The lowest BCUT2D eigenvalue weighted by atomic mass is 10.1. The molecular weight excluding hydrogens is 188 g/mol. The zero-order chi connectivity index (χ0) is 10.9. The molecule has 1 N–H and O–H groups in total. The number of rotatable bonds is 0. The fraction of sp³-hybridized carbons (Fsp3) is 0.385. The monoisotopic (exact) mass is 202 g/mol. The second-order valence-electron chi connectivity index (χ2n) is 4.20. The van der Waals surface area contributed by atoms with Crippen LogP contribution in [0, 0.1) is 11.8 Å². The molecule has 0 aromatic heterocycles. The third-order valence-corrected chi connectivity index (χ3v) is 2.22. The summed E-state index contributed by atoms with van der Waals surface area (Å²) >= 11 is 0. The van der Waals surface area contributed by atoms with Crippen LogP contribution < -0.4 is 4.74 Å². The van der Waals surface area contributed by atoms with Gasteiger partial charge in [-0.15, -0.1) is 0 Å². The molecule has 1 heterocycles. The van der Waals surface area contributed by atoms with E-state index < -0.39 is 5.60 Å². The highest BCUT2D eigenvalue weighted by molar-refractivity contribution is 5.52. The van der Waals surface area contributed by atoms with Gasteiger partial charge in [0.25, 0.3) is 0 Å². The Morgan fingerprint density at radius 3 is 2.93 bits per heavy atom. The van der Waals surface area contributed by atoms with Crippen LogP contribution in [0.15, 0.2) is 18.2 Å². The van der Waals surface area contributed by atoms with Gasteiger partial charge in [0.15, 0.2) is 0 Å². The maximum Gasteiger partial charge on any atom is 0.138 e. The Morgan fingerprint density at radius 2 is 2.20 bits per heavy atom. The highest BCUT2D eigenvalue weighted by Crippen LogP contribution is 2.28. The third-order valence-electron chi connectivity index (χ3n) is 2.22. The SMILES string of the molecule is CC(C)(O)C#Cc1cccc2c1OCC2. The van der Waals surface area contributed by atoms with Crippen molar-refractivity contribution in [2.45, 2.75) is 25.9 Å². The average molecular weight is 202 g/mol. The van der Waals surface area contributed by atoms with Gasteiger partial charge in [-0.1, -0.05) is 24.0 Å². The second-order valence-corrected chi connectivity index (χ2v) is 4.20. The van der Waals surface area contributed by atoms with Gasteiger partial charge in [-0.3, -0.25) is 0 Å². The van der Waals surface area contributed by atoms with Crippen molar-refractivity contribution in [2.75, 3.05) is 6.61 Å². The first-order valence-corrected chi connectivity index (χ1v) is 5.06. The lowest BCUT2D eigenvalue weighted by Crippen LogP contribution is -2.14. The molecule has 0 saturated carbocycles. The molecule has 0 amide bonds. The molecule has 1 aromatic rings. The zero-order valence-electron chi connectivity index (χ0n) is 9.00. The molecule has 0 fully saturated rings. The number of para-hydroxylation sites is 1. The van der Waals surface area contributed by atoms with Gasteiger partial charge in [0.05, 0.1) is 12.2 Å². The predicted molar refractivity (Wildman–Crippen MR) is 58.8 cm³/mol. The lowest BCUT2D eigenvalue weighted by molar-refractivity contribution is 0.143. The number of hydrogen-bond donors (Lipinski definition) is 1. The van der Waals surface area contributed by atoms with Crippen molar-refractivity contribution >= 4 is 0 Å². The molecule has 0 aliphatic carbocycles. The lowest BCUT2D eigenvalue weighted by Gasteiger charge is -2.07. The normalized spacial score (nSPS) is 13.8. The average Bonchev–Trinajstić information content (AvgIpc) is 2.61. The summed E-state index contributed by atoms with van der Waals surface area (Å²) in [6, 6.07) is 5.95. The molecule has 1 aromatic carbocycles. The van der Waals surface area contributed by atoms with E-state index in [1.54, 1.807) is 13.8 Å². The Balaban J connectivity index is 2.37. The molecule has 0 bridgehead atoms. The molecule has 0 saturated heterocycles. The van der Waals surface area contributed by atoms with Crippen LogP contribution in [-0.2, 0) is 6.42 Å². The van der Waals surface area contributed by atoms with Gasteiger partial charge in [0.1, 0.15) is 11.4 Å². The number of hydrogen-bond acceptors (Lipinski definition) is 2. The first kappa shape index (κ1) is 10.1. The van der Waals surface area contributed by atoms with Crippen molar-refractivity contribution in [3.05, 3.63) is 29.3 Å². The van der Waals surface area contributed by atoms with Crippen LogP contribution in [0.5, 0.6) is 5.75 Å². The highest BCUT2D eigenvalue weighted by atomic mass is 16.5. The Hall–Kier alpha value is -1.46. The highest BCUT2D eigenvalue weighted by Gasteiger charge is 2.15. The fourth-order valence-electron chi connectivity index (χ4n) is 1.53. The molecule has 78 valence electrons. The van der Waals surface area contributed by atoms with E-state index in [0.717, 1.165) is 24.3 Å². The van der Waals surface area contributed by atoms with E-state index in [9.17, 15) is 5.11 Å². The predicted octanol–water partition coefficient (Wildman–Crippen LogP) is 1.74. The van der Waals surface area contributed by atoms with Crippen LogP contribution in [0.4, 0.5) is 0 Å². The quantitative estimate of drug-likeness (QED) is 0.649. The summed E-state index contributed by atoms with van der Waals surface area (Å²) in [7, 11) is 0. The standard InChI is InChI=1S/C13H14O2/c1-13(2,14)8-6-10-4-3-5-11-7-9-15-12(10)11/h3-5,14H,7,9H2,1-2H3. The molecule has 2 rings (SSSR count). The summed E-state index contributed by atoms with van der Waals surface area (Å²) in [4.78, 5) is 0. The first-order chi connectivity index (χ1) is 7.06. The molecule has 2 nitrogen and oxygen atoms in total. The first-order valence-electron chi connectivity index (χ1n) is 5.06. The summed E-state index contributed by atoms with van der Waals surface area (Å²) in [5.41, 5.74) is 1.12. The van der Waals surface area contributed by atoms with Crippen molar-refractivity contribution in [3.63, 3.8) is 0 Å². The van der Waals surface area contributed by atoms with E-state index in [0.29, 0.717) is 0 Å². The van der Waals surface area contributed by atoms with Crippen molar-refractivity contribution in [1.29, 1.82) is 0 Å². The number of fused-ring (bicyclic) bond motifs is 1. The van der Waals surface area contributed by atoms with Gasteiger partial charge >= 0.3 is 0 Å². The van der Waals surface area contributed by atoms with E-state index in [-0.39, 0.29) is 0 Å². The Morgan fingerprint density at radius 1 is 1.40 bits per heavy atom. The molecule has 0 radical (unpaired) electrons. The van der Waals surface area contributed by atoms with Gasteiger partial charge in [-0.25, -0.2) is 0 Å². The van der Waals surface area contributed by atoms with Gasteiger partial charge in [0, 0.05) is 6.42 Å². The van der Waals surface area contributed by atoms with Gasteiger partial charge in [-0.2, -0.15) is 0 Å². The van der Waals surface area contributed by atoms with E-state index in [1.807, 2.05) is 12.1 Å². The van der Waals surface area contributed by atoms with Crippen molar-refractivity contribution in [3.8, 4) is 17.6 Å². The minimum Gasteiger partial charge on any atom is -0.492 e. The van der Waals surface area contributed by atoms with E-state index in [4.69, 9.17) is 4.74 Å².